The number of aliphatic hydroxyl groups is 1. The van der Waals surface area contributed by atoms with Crippen LogP contribution in [0.3, 0.4) is 0 Å². The first-order valence-electron chi connectivity index (χ1n) is 6.97. The molecule has 1 aromatic carbocycles. The number of nitrogens with one attached hydrogen (secondary N) is 1. The molecule has 0 spiro atoms. The van der Waals surface area contributed by atoms with Crippen molar-refractivity contribution in [3.8, 4) is 23.0 Å². The highest BCUT2D eigenvalue weighted by Crippen LogP contribution is 2.40. The monoisotopic (exact) mass is 299 g/mol. The summed E-state index contributed by atoms with van der Waals surface area (Å²) in [5.41, 5.74) is 0. The lowest BCUT2D eigenvalue weighted by molar-refractivity contribution is 0.209. The summed E-state index contributed by atoms with van der Waals surface area (Å²) in [6.45, 7) is 3.39. The fourth-order valence-corrected chi connectivity index (χ4v) is 2.01. The minimum Gasteiger partial charge on any atom is -0.493 e. The zero-order valence-electron chi connectivity index (χ0n) is 13.1. The van der Waals surface area contributed by atoms with Crippen molar-refractivity contribution in [1.82, 2.24) is 5.32 Å². The largest absolute Gasteiger partial charge is 0.493 e. The minimum atomic E-state index is 0.0389. The van der Waals surface area contributed by atoms with Gasteiger partial charge in [0.05, 0.1) is 34.5 Å². The molecule has 0 amide bonds. The van der Waals surface area contributed by atoms with Crippen molar-refractivity contribution in [2.45, 2.75) is 19.4 Å². The Kier molecular flexibility index (Phi) is 7.71. The van der Waals surface area contributed by atoms with Crippen molar-refractivity contribution in [2.24, 2.45) is 0 Å². The summed E-state index contributed by atoms with van der Waals surface area (Å²) in [6.07, 6.45) is 0.709. The van der Waals surface area contributed by atoms with E-state index in [0.717, 1.165) is 6.54 Å². The quantitative estimate of drug-likeness (QED) is 0.681. The molecule has 1 unspecified atom stereocenters. The van der Waals surface area contributed by atoms with Crippen LogP contribution in [0.1, 0.15) is 13.3 Å². The average Bonchev–Trinajstić information content (AvgIpc) is 2.52. The van der Waals surface area contributed by atoms with Crippen LogP contribution in [0.25, 0.3) is 0 Å². The first-order valence-corrected chi connectivity index (χ1v) is 6.97. The summed E-state index contributed by atoms with van der Waals surface area (Å²) in [5, 5.41) is 12.4. The van der Waals surface area contributed by atoms with Crippen LogP contribution >= 0.6 is 0 Å². The molecule has 0 heterocycles. The maximum absolute atomic E-state index is 9.21. The molecule has 120 valence electrons. The summed E-state index contributed by atoms with van der Waals surface area (Å²) in [7, 11) is 4.69. The van der Waals surface area contributed by atoms with Crippen LogP contribution in [-0.2, 0) is 0 Å². The summed E-state index contributed by atoms with van der Waals surface area (Å²) in [5.74, 6) is 2.28. The van der Waals surface area contributed by atoms with E-state index < -0.39 is 0 Å². The van der Waals surface area contributed by atoms with Crippen LogP contribution in [0.2, 0.25) is 0 Å². The van der Waals surface area contributed by atoms with Gasteiger partial charge in [-0.25, -0.2) is 0 Å². The number of benzene rings is 1. The Balaban J connectivity index is 2.71. The Morgan fingerprint density at radius 2 is 1.71 bits per heavy atom. The summed E-state index contributed by atoms with van der Waals surface area (Å²) in [4.78, 5) is 0. The smallest absolute Gasteiger partial charge is 0.203 e. The standard InChI is InChI=1S/C15H25NO5/c1-5-16-11(10-17)6-7-21-12-8-13(18-2)15(20-4)14(9-12)19-3/h8-9,11,16-17H,5-7,10H2,1-4H3. The van der Waals surface area contributed by atoms with E-state index in [1.165, 1.54) is 0 Å². The van der Waals surface area contributed by atoms with Gasteiger partial charge in [0.25, 0.3) is 0 Å². The van der Waals surface area contributed by atoms with Crippen LogP contribution in [0, 0.1) is 0 Å². The Labute approximate surface area is 126 Å². The molecule has 2 N–H and O–H groups in total. The Bertz CT molecular complexity index is 400. The highest BCUT2D eigenvalue weighted by atomic mass is 16.5. The predicted octanol–water partition coefficient (Wildman–Crippen LogP) is 1.45. The lowest BCUT2D eigenvalue weighted by atomic mass is 10.2. The summed E-state index contributed by atoms with van der Waals surface area (Å²) < 4.78 is 21.5. The van der Waals surface area contributed by atoms with Gasteiger partial charge in [-0.05, 0) is 13.0 Å². The van der Waals surface area contributed by atoms with Crippen LogP contribution in [0.15, 0.2) is 12.1 Å². The van der Waals surface area contributed by atoms with E-state index in [4.69, 9.17) is 18.9 Å². The molecule has 0 aromatic heterocycles. The molecule has 6 nitrogen and oxygen atoms in total. The van der Waals surface area contributed by atoms with E-state index >= 15 is 0 Å². The van der Waals surface area contributed by atoms with Gasteiger partial charge in [-0.2, -0.15) is 0 Å². The molecule has 0 aliphatic rings. The molecule has 21 heavy (non-hydrogen) atoms. The molecular formula is C15H25NO5. The molecule has 0 fully saturated rings. The van der Waals surface area contributed by atoms with Crippen molar-refractivity contribution < 1.29 is 24.1 Å². The van der Waals surface area contributed by atoms with Gasteiger partial charge in [0.2, 0.25) is 5.75 Å². The Morgan fingerprint density at radius 3 is 2.14 bits per heavy atom. The topological polar surface area (TPSA) is 69.2 Å². The number of rotatable bonds is 10. The molecule has 0 aliphatic heterocycles. The number of ether oxygens (including phenoxy) is 4. The molecule has 0 saturated carbocycles. The van der Waals surface area contributed by atoms with Crippen LogP contribution in [-0.4, -0.2) is 52.2 Å². The van der Waals surface area contributed by atoms with Crippen LogP contribution in [0.4, 0.5) is 0 Å². The molecule has 1 atom stereocenters. The maximum Gasteiger partial charge on any atom is 0.203 e. The van der Waals surface area contributed by atoms with Crippen molar-refractivity contribution in [3.63, 3.8) is 0 Å². The van der Waals surface area contributed by atoms with Gasteiger partial charge in [-0.1, -0.05) is 6.92 Å². The Hall–Kier alpha value is -1.66. The molecular weight excluding hydrogens is 274 g/mol. The lowest BCUT2D eigenvalue weighted by Gasteiger charge is -2.17. The number of hydrogen-bond acceptors (Lipinski definition) is 6. The normalized spacial score (nSPS) is 11.9. The second-order valence-corrected chi connectivity index (χ2v) is 4.44. The predicted molar refractivity (Wildman–Crippen MR) is 80.8 cm³/mol. The van der Waals surface area contributed by atoms with Gasteiger partial charge < -0.3 is 29.4 Å². The molecule has 6 heteroatoms. The molecule has 1 aromatic rings. The van der Waals surface area contributed by atoms with Gasteiger partial charge in [0.15, 0.2) is 11.5 Å². The van der Waals surface area contributed by atoms with E-state index in [1.54, 1.807) is 33.5 Å². The van der Waals surface area contributed by atoms with Crippen molar-refractivity contribution >= 4 is 0 Å². The fourth-order valence-electron chi connectivity index (χ4n) is 2.01. The van der Waals surface area contributed by atoms with Gasteiger partial charge >= 0.3 is 0 Å². The van der Waals surface area contributed by atoms with Crippen molar-refractivity contribution in [2.75, 3.05) is 41.1 Å². The van der Waals surface area contributed by atoms with Gasteiger partial charge in [0.1, 0.15) is 5.75 Å². The van der Waals surface area contributed by atoms with Gasteiger partial charge in [-0.15, -0.1) is 0 Å². The van der Waals surface area contributed by atoms with Crippen LogP contribution in [0.5, 0.6) is 23.0 Å². The zero-order valence-corrected chi connectivity index (χ0v) is 13.1. The fraction of sp³-hybridized carbons (Fsp3) is 0.600. The molecule has 0 saturated heterocycles. The van der Waals surface area contributed by atoms with E-state index in [-0.39, 0.29) is 12.6 Å². The SMILES string of the molecule is CCNC(CO)CCOc1cc(OC)c(OC)c(OC)c1. The number of hydrogen-bond donors (Lipinski definition) is 2. The highest BCUT2D eigenvalue weighted by Gasteiger charge is 2.14. The Morgan fingerprint density at radius 1 is 1.10 bits per heavy atom. The summed E-state index contributed by atoms with van der Waals surface area (Å²) >= 11 is 0. The van der Waals surface area contributed by atoms with E-state index in [1.807, 2.05) is 6.92 Å². The average molecular weight is 299 g/mol. The number of aliphatic hydroxyl groups excluding tert-OH is 1. The first-order chi connectivity index (χ1) is 10.2. The third-order valence-corrected chi connectivity index (χ3v) is 3.09. The van der Waals surface area contributed by atoms with Gasteiger partial charge in [-0.3, -0.25) is 0 Å². The van der Waals surface area contributed by atoms with Crippen molar-refractivity contribution in [1.29, 1.82) is 0 Å². The second-order valence-electron chi connectivity index (χ2n) is 4.44. The third kappa shape index (κ3) is 4.99. The molecule has 0 aliphatic carbocycles. The van der Waals surface area contributed by atoms with E-state index in [0.29, 0.717) is 36.0 Å². The van der Waals surface area contributed by atoms with E-state index in [9.17, 15) is 5.11 Å². The lowest BCUT2D eigenvalue weighted by Crippen LogP contribution is -2.33. The second kappa shape index (κ2) is 9.31. The van der Waals surface area contributed by atoms with E-state index in [2.05, 4.69) is 5.32 Å². The maximum atomic E-state index is 9.21. The highest BCUT2D eigenvalue weighted by molar-refractivity contribution is 5.55. The van der Waals surface area contributed by atoms with Gasteiger partial charge in [0, 0.05) is 18.2 Å². The summed E-state index contributed by atoms with van der Waals surface area (Å²) in [6, 6.07) is 3.54. The molecule has 1 rings (SSSR count). The minimum absolute atomic E-state index is 0.0389. The number of likely N-dealkylation sites (N-methyl/N-ethyl adjacent to an activating group) is 1. The first kappa shape index (κ1) is 17.4. The zero-order chi connectivity index (χ0) is 15.7. The number of methoxy groups -OCH3 is 3. The molecule has 0 bridgehead atoms. The molecule has 0 radical (unpaired) electrons. The third-order valence-electron chi connectivity index (χ3n) is 3.09. The van der Waals surface area contributed by atoms with Crippen molar-refractivity contribution in [3.05, 3.63) is 12.1 Å². The van der Waals surface area contributed by atoms with Crippen LogP contribution < -0.4 is 24.3 Å².